The van der Waals surface area contributed by atoms with Crippen LogP contribution in [0.3, 0.4) is 0 Å². The van der Waals surface area contributed by atoms with Gasteiger partial charge in [0.1, 0.15) is 13.2 Å². The van der Waals surface area contributed by atoms with Crippen molar-refractivity contribution in [2.24, 2.45) is 0 Å². The van der Waals surface area contributed by atoms with Gasteiger partial charge in [-0.1, -0.05) is 301 Å². The molecule has 0 aromatic heterocycles. The Morgan fingerprint density at radius 2 is 0.753 bits per heavy atom. The van der Waals surface area contributed by atoms with Crippen LogP contribution in [0.4, 0.5) is 0 Å². The molecule has 0 aliphatic rings. The number of amides is 1. The van der Waals surface area contributed by atoms with Crippen LogP contribution in [0.1, 0.15) is 328 Å². The molecule has 0 bridgehead atoms. The van der Waals surface area contributed by atoms with Gasteiger partial charge in [0.25, 0.3) is 7.82 Å². The zero-order valence-electron chi connectivity index (χ0n) is 49.6. The molecule has 0 spiro atoms. The van der Waals surface area contributed by atoms with Crippen LogP contribution < -0.4 is 10.2 Å². The van der Waals surface area contributed by atoms with Gasteiger partial charge in [-0.2, -0.15) is 0 Å². The van der Waals surface area contributed by atoms with Crippen molar-refractivity contribution < 1.29 is 32.9 Å². The minimum Gasteiger partial charge on any atom is -0.756 e. The number of aliphatic hydroxyl groups is 1. The van der Waals surface area contributed by atoms with Gasteiger partial charge in [-0.05, 0) is 44.9 Å². The molecule has 0 aliphatic heterocycles. The second-order valence-electron chi connectivity index (χ2n) is 23.5. The molecule has 8 nitrogen and oxygen atoms in total. The highest BCUT2D eigenvalue weighted by Crippen LogP contribution is 2.38. The summed E-state index contributed by atoms with van der Waals surface area (Å²) < 4.78 is 23.4. The number of nitrogens with zero attached hydrogens (tertiary/aromatic N) is 1. The second-order valence-corrected chi connectivity index (χ2v) is 24.9. The van der Waals surface area contributed by atoms with Crippen molar-refractivity contribution >= 4 is 13.7 Å². The minimum absolute atomic E-state index is 0.00183. The number of likely N-dealkylation sites (N-methyl/N-ethyl adjacent to an activating group) is 1. The van der Waals surface area contributed by atoms with Crippen LogP contribution in [-0.2, 0) is 18.4 Å². The van der Waals surface area contributed by atoms with Gasteiger partial charge in [-0.3, -0.25) is 9.36 Å². The fraction of sp³-hybridized carbons (Fsp3) is 0.922. The molecule has 0 aromatic rings. The second kappa shape index (κ2) is 55.7. The predicted molar refractivity (Wildman–Crippen MR) is 316 cm³/mol. The maximum atomic E-state index is 13.0. The van der Waals surface area contributed by atoms with Gasteiger partial charge < -0.3 is 28.8 Å². The van der Waals surface area contributed by atoms with E-state index < -0.39 is 20.0 Å². The maximum absolute atomic E-state index is 13.0. The smallest absolute Gasteiger partial charge is 0.268 e. The van der Waals surface area contributed by atoms with Crippen LogP contribution in [0.25, 0.3) is 0 Å². The summed E-state index contributed by atoms with van der Waals surface area (Å²) in [5.74, 6) is -0.190. The zero-order chi connectivity index (χ0) is 53.5. The van der Waals surface area contributed by atoms with Gasteiger partial charge in [0.15, 0.2) is 0 Å². The molecule has 0 fully saturated rings. The minimum atomic E-state index is -4.60. The molecule has 0 heterocycles. The molecule has 0 saturated carbocycles. The van der Waals surface area contributed by atoms with Gasteiger partial charge in [0.05, 0.1) is 39.9 Å². The molecule has 1 amide bonds. The fourth-order valence-electron chi connectivity index (χ4n) is 9.86. The Kier molecular flexibility index (Phi) is 54.9. The Morgan fingerprint density at radius 1 is 0.466 bits per heavy atom. The number of carbonyl (C=O) groups is 1. The van der Waals surface area contributed by atoms with E-state index in [9.17, 15) is 19.4 Å². The van der Waals surface area contributed by atoms with Crippen LogP contribution >= 0.6 is 7.82 Å². The number of phosphoric ester groups is 1. The normalized spacial score (nSPS) is 13.9. The highest BCUT2D eigenvalue weighted by Gasteiger charge is 2.23. The van der Waals surface area contributed by atoms with Crippen molar-refractivity contribution in [2.75, 3.05) is 40.9 Å². The number of quaternary nitrogens is 1. The average Bonchev–Trinajstić information content (AvgIpc) is 3.35. The third-order valence-electron chi connectivity index (χ3n) is 14.9. The topological polar surface area (TPSA) is 108 Å². The van der Waals surface area contributed by atoms with Crippen LogP contribution in [0.2, 0.25) is 0 Å². The summed E-state index contributed by atoms with van der Waals surface area (Å²) in [4.78, 5) is 25.5. The number of rotatable bonds is 60. The first-order valence-electron chi connectivity index (χ1n) is 32.2. The summed E-state index contributed by atoms with van der Waals surface area (Å²) in [7, 11) is 1.28. The lowest BCUT2D eigenvalue weighted by Crippen LogP contribution is -2.45. The van der Waals surface area contributed by atoms with Crippen LogP contribution in [0.15, 0.2) is 24.3 Å². The third-order valence-corrected chi connectivity index (χ3v) is 15.9. The van der Waals surface area contributed by atoms with Crippen molar-refractivity contribution in [1.29, 1.82) is 0 Å². The van der Waals surface area contributed by atoms with E-state index in [4.69, 9.17) is 9.05 Å². The van der Waals surface area contributed by atoms with Crippen molar-refractivity contribution in [2.45, 2.75) is 341 Å². The molecular formula is C64H127N2O6P. The van der Waals surface area contributed by atoms with E-state index in [0.717, 1.165) is 38.5 Å². The molecular weight excluding hydrogens is 924 g/mol. The molecule has 0 rings (SSSR count). The van der Waals surface area contributed by atoms with Crippen molar-refractivity contribution in [1.82, 2.24) is 5.32 Å². The molecule has 0 aromatic carbocycles. The first-order valence-corrected chi connectivity index (χ1v) is 33.7. The highest BCUT2D eigenvalue weighted by molar-refractivity contribution is 7.45. The molecule has 434 valence electrons. The maximum Gasteiger partial charge on any atom is 0.268 e. The van der Waals surface area contributed by atoms with Crippen molar-refractivity contribution in [3.05, 3.63) is 24.3 Å². The zero-order valence-corrected chi connectivity index (χ0v) is 50.5. The average molecular weight is 1050 g/mol. The van der Waals surface area contributed by atoms with E-state index in [1.807, 2.05) is 27.2 Å². The lowest BCUT2D eigenvalue weighted by atomic mass is 10.0. The van der Waals surface area contributed by atoms with Gasteiger partial charge >= 0.3 is 0 Å². The summed E-state index contributed by atoms with van der Waals surface area (Å²) in [6.07, 6.45) is 71.4. The van der Waals surface area contributed by atoms with Gasteiger partial charge in [0.2, 0.25) is 5.91 Å². The summed E-state index contributed by atoms with van der Waals surface area (Å²) in [6.45, 7) is 4.70. The first-order chi connectivity index (χ1) is 35.5. The Labute approximate surface area is 455 Å². The Bertz CT molecular complexity index is 1240. The van der Waals surface area contributed by atoms with Crippen LogP contribution in [0, 0.1) is 0 Å². The fourth-order valence-corrected chi connectivity index (χ4v) is 10.6. The molecule has 3 atom stereocenters. The number of unbranched alkanes of at least 4 members (excludes halogenated alkanes) is 45. The molecule has 9 heteroatoms. The van der Waals surface area contributed by atoms with Crippen molar-refractivity contribution in [3.8, 4) is 0 Å². The number of hydrogen-bond donors (Lipinski definition) is 2. The molecule has 0 aliphatic carbocycles. The number of allylic oxidation sites excluding steroid dienone is 3. The monoisotopic (exact) mass is 1050 g/mol. The standard InChI is InChI=1S/C64H127N2O6P/c1-6-8-10-12-14-16-18-20-22-24-26-27-28-29-30-31-32-33-34-35-36-37-38-39-40-42-44-46-48-50-52-54-56-58-64(68)65-62(61-72-73(69,70)71-60-59-66(3,4)5)63(67)57-55-53-51-49-47-45-43-41-25-23-21-19-17-15-13-11-9-7-2/h24,26,55,57,62-63,67H,6-23,25,27-54,56,58-61H2,1-5H3,(H-,65,68,69,70)/b26-24-,57-55+. The highest BCUT2D eigenvalue weighted by atomic mass is 31.2. The number of aliphatic hydroxyl groups excluding tert-OH is 1. The molecule has 3 unspecified atom stereocenters. The van der Waals surface area contributed by atoms with Crippen LogP contribution in [0.5, 0.6) is 0 Å². The molecule has 73 heavy (non-hydrogen) atoms. The molecule has 2 N–H and O–H groups in total. The van der Waals surface area contributed by atoms with E-state index in [1.54, 1.807) is 6.08 Å². The number of phosphoric acid groups is 1. The first kappa shape index (κ1) is 72.0. The van der Waals surface area contributed by atoms with E-state index >= 15 is 0 Å². The summed E-state index contributed by atoms with van der Waals surface area (Å²) >= 11 is 0. The lowest BCUT2D eigenvalue weighted by molar-refractivity contribution is -0.870. The largest absolute Gasteiger partial charge is 0.756 e. The summed E-state index contributed by atoms with van der Waals surface area (Å²) in [5.41, 5.74) is 0. The van der Waals surface area contributed by atoms with E-state index in [1.165, 1.54) is 270 Å². The Balaban J connectivity index is 4.01. The molecule has 0 saturated heterocycles. The Morgan fingerprint density at radius 3 is 1.07 bits per heavy atom. The van der Waals surface area contributed by atoms with Gasteiger partial charge in [-0.25, -0.2) is 0 Å². The summed E-state index contributed by atoms with van der Waals surface area (Å²) in [6, 6.07) is -0.884. The lowest BCUT2D eigenvalue weighted by Gasteiger charge is -2.29. The van der Waals surface area contributed by atoms with Crippen molar-refractivity contribution in [3.63, 3.8) is 0 Å². The number of carbonyl (C=O) groups excluding carboxylic acids is 1. The predicted octanol–water partition coefficient (Wildman–Crippen LogP) is 19.3. The quantitative estimate of drug-likeness (QED) is 0.0272. The number of hydrogen-bond acceptors (Lipinski definition) is 6. The SMILES string of the molecule is CCCCCCCCCC/C=C\CCCCCCCCCCCCCCCCCCCCCCCC(=O)NC(COP(=O)([O-])OCC[N+](C)(C)C)C(O)/C=C/CCCCCCCCCCCCCCCCCC. The van der Waals surface area contributed by atoms with Gasteiger partial charge in [-0.15, -0.1) is 0 Å². The summed E-state index contributed by atoms with van der Waals surface area (Å²) in [5, 5.41) is 13.9. The van der Waals surface area contributed by atoms with E-state index in [-0.39, 0.29) is 19.1 Å². The van der Waals surface area contributed by atoms with E-state index in [2.05, 4.69) is 31.3 Å². The van der Waals surface area contributed by atoms with E-state index in [0.29, 0.717) is 17.4 Å². The van der Waals surface area contributed by atoms with Crippen LogP contribution in [-0.4, -0.2) is 68.5 Å². The third kappa shape index (κ3) is 58.5. The Hall–Kier alpha value is -1.02. The molecule has 0 radical (unpaired) electrons. The number of nitrogens with one attached hydrogen (secondary N) is 1. The van der Waals surface area contributed by atoms with Gasteiger partial charge in [0, 0.05) is 6.42 Å².